The molecule has 15 aromatic rings. The average molecular weight is 1000 g/mol. The van der Waals surface area contributed by atoms with Crippen molar-refractivity contribution in [2.75, 3.05) is 0 Å². The van der Waals surface area contributed by atoms with Gasteiger partial charge in [0.1, 0.15) is 11.2 Å². The van der Waals surface area contributed by atoms with Gasteiger partial charge in [0, 0.05) is 67.8 Å². The van der Waals surface area contributed by atoms with Crippen molar-refractivity contribution in [3.8, 4) is 78.7 Å². The molecule has 0 bridgehead atoms. The average Bonchev–Trinajstić information content (AvgIpc) is 4.48. The van der Waals surface area contributed by atoms with Gasteiger partial charge in [-0.3, -0.25) is 0 Å². The molecular weight excluding hydrogens is 963 g/mol. The van der Waals surface area contributed by atoms with Crippen LogP contribution in [0, 0.1) is 0 Å². The molecule has 0 aliphatic heterocycles. The van der Waals surface area contributed by atoms with Crippen molar-refractivity contribution < 1.29 is 4.42 Å². The van der Waals surface area contributed by atoms with Crippen LogP contribution in [0.25, 0.3) is 141 Å². The van der Waals surface area contributed by atoms with E-state index in [1.54, 1.807) is 22.7 Å². The van der Waals surface area contributed by atoms with Crippen LogP contribution < -0.4 is 0 Å². The van der Waals surface area contributed by atoms with Gasteiger partial charge in [-0.15, -0.1) is 22.7 Å². The van der Waals surface area contributed by atoms with Crippen LogP contribution in [0.4, 0.5) is 0 Å². The van der Waals surface area contributed by atoms with Gasteiger partial charge in [0.05, 0.1) is 5.41 Å². The molecule has 1 spiro atoms. The molecule has 0 saturated carbocycles. The zero-order chi connectivity index (χ0) is 49.6. The fraction of sp³-hybridized carbons (Fsp3) is 0.0143. The van der Waals surface area contributed by atoms with Gasteiger partial charge in [-0.25, -0.2) is 15.0 Å². The fourth-order valence-electron chi connectivity index (χ4n) is 13.1. The van der Waals surface area contributed by atoms with Gasteiger partial charge in [0.2, 0.25) is 0 Å². The highest BCUT2D eigenvalue weighted by atomic mass is 32.1. The summed E-state index contributed by atoms with van der Waals surface area (Å²) in [7, 11) is 0. The number of thiophene rings is 2. The summed E-state index contributed by atoms with van der Waals surface area (Å²) in [6.45, 7) is 0. The Morgan fingerprint density at radius 2 is 0.737 bits per heavy atom. The van der Waals surface area contributed by atoms with Crippen molar-refractivity contribution in [2.24, 2.45) is 0 Å². The van der Waals surface area contributed by atoms with Crippen LogP contribution in [-0.4, -0.2) is 15.0 Å². The minimum Gasteiger partial charge on any atom is -0.456 e. The maximum atomic E-state index is 6.73. The number of furan rings is 1. The van der Waals surface area contributed by atoms with E-state index in [0.717, 1.165) is 60.5 Å². The first-order valence-electron chi connectivity index (χ1n) is 25.7. The van der Waals surface area contributed by atoms with Crippen LogP contribution in [0.15, 0.2) is 241 Å². The van der Waals surface area contributed by atoms with E-state index in [1.165, 1.54) is 85.2 Å². The van der Waals surface area contributed by atoms with Gasteiger partial charge in [-0.2, -0.15) is 0 Å². The summed E-state index contributed by atoms with van der Waals surface area (Å²) in [5.74, 6) is 1.86. The molecule has 4 heterocycles. The number of fused-ring (bicyclic) bond motifs is 19. The van der Waals surface area contributed by atoms with Gasteiger partial charge >= 0.3 is 0 Å². The molecule has 2 aliphatic carbocycles. The summed E-state index contributed by atoms with van der Waals surface area (Å²) in [5, 5.41) is 6.68. The minimum absolute atomic E-state index is 0.408. The SMILES string of the molecule is c1cc(-c2ccc3oc4cccc(-c5nc(-c6cccc7sc8ccccc8c67)nc(-c6cccc7sc8ccccc8c67)n5)c4c3c2)cc(-c2cccc3c2-c2ccccc2C32c3ccccc3-c3ccccc32)c1. The maximum absolute atomic E-state index is 6.73. The largest absolute Gasteiger partial charge is 0.456 e. The predicted molar refractivity (Wildman–Crippen MR) is 316 cm³/mol. The molecule has 0 atom stereocenters. The quantitative estimate of drug-likeness (QED) is 0.172. The molecule has 0 fully saturated rings. The van der Waals surface area contributed by atoms with E-state index in [4.69, 9.17) is 19.4 Å². The zero-order valence-electron chi connectivity index (χ0n) is 40.6. The zero-order valence-corrected chi connectivity index (χ0v) is 42.2. The topological polar surface area (TPSA) is 51.8 Å². The fourth-order valence-corrected chi connectivity index (χ4v) is 15.4. The lowest BCUT2D eigenvalue weighted by atomic mass is 9.70. The van der Waals surface area contributed by atoms with E-state index >= 15 is 0 Å². The van der Waals surface area contributed by atoms with Crippen LogP contribution in [-0.2, 0) is 5.41 Å². The van der Waals surface area contributed by atoms with Crippen molar-refractivity contribution in [1.29, 1.82) is 0 Å². The van der Waals surface area contributed by atoms with Crippen LogP contribution in [0.2, 0.25) is 0 Å². The van der Waals surface area contributed by atoms with Gasteiger partial charge in [0.25, 0.3) is 0 Å². The molecule has 17 rings (SSSR count). The molecule has 0 unspecified atom stereocenters. The second-order valence-corrected chi connectivity index (χ2v) is 22.2. The van der Waals surface area contributed by atoms with Crippen molar-refractivity contribution in [3.63, 3.8) is 0 Å². The number of nitrogens with zero attached hydrogens (tertiary/aromatic N) is 3. The molecule has 11 aromatic carbocycles. The minimum atomic E-state index is -0.408. The smallest absolute Gasteiger partial charge is 0.164 e. The lowest BCUT2D eigenvalue weighted by Crippen LogP contribution is -2.25. The summed E-state index contributed by atoms with van der Waals surface area (Å²) in [6, 6.07) is 86.1. The summed E-state index contributed by atoms with van der Waals surface area (Å²) in [5.41, 5.74) is 19.2. The monoisotopic (exact) mass is 1000 g/mol. The Morgan fingerprint density at radius 1 is 0.289 bits per heavy atom. The molecule has 0 N–H and O–H groups in total. The van der Waals surface area contributed by atoms with Gasteiger partial charge in [-0.1, -0.05) is 188 Å². The lowest BCUT2D eigenvalue weighted by molar-refractivity contribution is 0.669. The summed E-state index contributed by atoms with van der Waals surface area (Å²) < 4.78 is 11.6. The molecule has 4 aromatic heterocycles. The van der Waals surface area contributed by atoms with E-state index in [0.29, 0.717) is 17.5 Å². The van der Waals surface area contributed by atoms with Crippen molar-refractivity contribution in [3.05, 3.63) is 259 Å². The Kier molecular flexibility index (Phi) is 8.77. The van der Waals surface area contributed by atoms with Gasteiger partial charge < -0.3 is 4.42 Å². The highest BCUT2D eigenvalue weighted by Crippen LogP contribution is 2.64. The molecule has 0 amide bonds. The number of rotatable bonds is 5. The number of hydrogen-bond acceptors (Lipinski definition) is 6. The molecule has 352 valence electrons. The third-order valence-electron chi connectivity index (χ3n) is 16.2. The molecule has 2 aliphatic rings. The van der Waals surface area contributed by atoms with Crippen molar-refractivity contribution in [1.82, 2.24) is 15.0 Å². The van der Waals surface area contributed by atoms with Crippen LogP contribution >= 0.6 is 22.7 Å². The van der Waals surface area contributed by atoms with E-state index in [-0.39, 0.29) is 0 Å². The van der Waals surface area contributed by atoms with E-state index < -0.39 is 5.41 Å². The van der Waals surface area contributed by atoms with Crippen LogP contribution in [0.3, 0.4) is 0 Å². The molecule has 76 heavy (non-hydrogen) atoms. The second-order valence-electron chi connectivity index (χ2n) is 20.0. The van der Waals surface area contributed by atoms with Gasteiger partial charge in [-0.05, 0) is 115 Å². The molecule has 0 radical (unpaired) electrons. The van der Waals surface area contributed by atoms with Crippen molar-refractivity contribution >= 4 is 85.0 Å². The number of benzene rings is 11. The Balaban J connectivity index is 0.846. The Morgan fingerprint density at radius 3 is 1.38 bits per heavy atom. The number of aromatic nitrogens is 3. The number of hydrogen-bond donors (Lipinski definition) is 0. The highest BCUT2D eigenvalue weighted by Gasteiger charge is 2.52. The molecular formula is C70H39N3OS2. The Bertz CT molecular complexity index is 4800. The highest BCUT2D eigenvalue weighted by molar-refractivity contribution is 7.26. The first-order chi connectivity index (χ1) is 37.7. The standard InChI is InChI=1S/C70H39N3OS2/c1-6-27-53-44(18-1)45-19-2-7-28-54(45)70(53)55-29-8-3-20-46(55)63-43(23-12-30-56(63)70)42-17-11-16-40(38-42)41-36-37-57-52(39-41)64-49(24-13-31-58(64)74-57)67-71-68(50-25-14-34-61-65(50)47-21-4-9-32-59(47)75-61)73-69(72-67)51-26-15-35-62-66(51)48-22-5-10-33-60(48)76-62/h1-39H. The Hall–Kier alpha value is -9.33. The normalized spacial score (nSPS) is 13.1. The van der Waals surface area contributed by atoms with E-state index in [1.807, 2.05) is 0 Å². The lowest BCUT2D eigenvalue weighted by Gasteiger charge is -2.30. The first kappa shape index (κ1) is 42.1. The molecule has 6 heteroatoms. The second kappa shape index (κ2) is 15.8. The van der Waals surface area contributed by atoms with Crippen LogP contribution in [0.1, 0.15) is 22.3 Å². The van der Waals surface area contributed by atoms with Crippen molar-refractivity contribution in [2.45, 2.75) is 5.41 Å². The first-order valence-corrected chi connectivity index (χ1v) is 27.4. The van der Waals surface area contributed by atoms with Crippen LogP contribution in [0.5, 0.6) is 0 Å². The predicted octanol–water partition coefficient (Wildman–Crippen LogP) is 19.2. The summed E-state index contributed by atoms with van der Waals surface area (Å²) >= 11 is 3.60. The molecule has 0 saturated heterocycles. The summed E-state index contributed by atoms with van der Waals surface area (Å²) in [6.07, 6.45) is 0. The molecule has 4 nitrogen and oxygen atoms in total. The maximum Gasteiger partial charge on any atom is 0.164 e. The van der Waals surface area contributed by atoms with E-state index in [2.05, 4.69) is 237 Å². The Labute approximate surface area is 444 Å². The van der Waals surface area contributed by atoms with E-state index in [9.17, 15) is 0 Å². The third-order valence-corrected chi connectivity index (χ3v) is 18.5. The third kappa shape index (κ3) is 5.80. The van der Waals surface area contributed by atoms with Gasteiger partial charge in [0.15, 0.2) is 17.5 Å². The summed E-state index contributed by atoms with van der Waals surface area (Å²) in [4.78, 5) is 16.4.